The van der Waals surface area contributed by atoms with Gasteiger partial charge in [0, 0.05) is 17.0 Å². The fraction of sp³-hybridized carbons (Fsp3) is 0.625. The molecular formula is C40H56F3NO5. The average Bonchev–Trinajstić information content (AvgIpc) is 3.04. The van der Waals surface area contributed by atoms with Gasteiger partial charge >= 0.3 is 17.8 Å². The molecule has 9 heteroatoms. The molecule has 0 amide bonds. The molecule has 6 nitrogen and oxygen atoms in total. The van der Waals surface area contributed by atoms with Crippen LogP contribution >= 0.6 is 0 Å². The number of nitrogens with zero attached hydrogens (tertiary/aromatic N) is 1. The maximum atomic E-state index is 14.0. The van der Waals surface area contributed by atoms with Gasteiger partial charge in [-0.1, -0.05) is 91.2 Å². The predicted molar refractivity (Wildman–Crippen MR) is 190 cm³/mol. The number of fused-ring (bicyclic) bond motifs is 1. The summed E-state index contributed by atoms with van der Waals surface area (Å²) < 4.78 is 58.6. The van der Waals surface area contributed by atoms with Crippen molar-refractivity contribution in [3.63, 3.8) is 0 Å². The van der Waals surface area contributed by atoms with Crippen molar-refractivity contribution in [1.82, 2.24) is 4.98 Å². The van der Waals surface area contributed by atoms with E-state index in [0.717, 1.165) is 76.7 Å². The minimum absolute atomic E-state index is 0.0256. The van der Waals surface area contributed by atoms with Gasteiger partial charge in [-0.3, -0.25) is 4.79 Å². The number of benzene rings is 1. The molecule has 0 aliphatic carbocycles. The Kier molecular flexibility index (Phi) is 15.7. The fourth-order valence-corrected chi connectivity index (χ4v) is 6.02. The number of hydrogen-bond donors (Lipinski definition) is 0. The van der Waals surface area contributed by atoms with Crippen molar-refractivity contribution in [3.8, 4) is 17.0 Å². The molecule has 1 atom stereocenters. The third-order valence-corrected chi connectivity index (χ3v) is 9.43. The van der Waals surface area contributed by atoms with Gasteiger partial charge in [0.1, 0.15) is 0 Å². The van der Waals surface area contributed by atoms with Crippen molar-refractivity contribution in [3.05, 3.63) is 57.9 Å². The fourth-order valence-electron chi connectivity index (χ4n) is 6.02. The van der Waals surface area contributed by atoms with Crippen LogP contribution in [-0.4, -0.2) is 24.2 Å². The van der Waals surface area contributed by atoms with Crippen LogP contribution in [0, 0.1) is 17.3 Å². The van der Waals surface area contributed by atoms with E-state index >= 15 is 0 Å². The van der Waals surface area contributed by atoms with E-state index in [4.69, 9.17) is 13.9 Å². The summed E-state index contributed by atoms with van der Waals surface area (Å²) in [4.78, 5) is 29.7. The van der Waals surface area contributed by atoms with Crippen molar-refractivity contribution >= 4 is 17.1 Å². The Balaban J connectivity index is 1.35. The maximum absolute atomic E-state index is 14.0. The second-order valence-corrected chi connectivity index (χ2v) is 14.4. The Hall–Kier alpha value is -3.36. The zero-order valence-electron chi connectivity index (χ0n) is 30.3. The summed E-state index contributed by atoms with van der Waals surface area (Å²) in [5, 5.41) is 0.418. The van der Waals surface area contributed by atoms with Crippen molar-refractivity contribution in [1.29, 1.82) is 0 Å². The molecular weight excluding hydrogens is 631 g/mol. The van der Waals surface area contributed by atoms with Crippen LogP contribution < -0.4 is 10.4 Å². The van der Waals surface area contributed by atoms with Crippen LogP contribution in [0.5, 0.6) is 5.88 Å². The molecule has 0 N–H and O–H groups in total. The first kappa shape index (κ1) is 40.1. The average molecular weight is 688 g/mol. The second-order valence-electron chi connectivity index (χ2n) is 14.4. The van der Waals surface area contributed by atoms with Gasteiger partial charge in [-0.2, -0.15) is 18.2 Å². The monoisotopic (exact) mass is 687 g/mol. The molecule has 0 spiro atoms. The molecule has 1 unspecified atom stereocenters. The predicted octanol–water partition coefficient (Wildman–Crippen LogP) is 11.4. The van der Waals surface area contributed by atoms with Gasteiger partial charge in [0.15, 0.2) is 0 Å². The van der Waals surface area contributed by atoms with Crippen molar-refractivity contribution in [2.24, 2.45) is 17.3 Å². The molecule has 3 aromatic rings. The maximum Gasteiger partial charge on any atom is 0.417 e. The molecule has 272 valence electrons. The minimum Gasteiger partial charge on any atom is -0.478 e. The molecule has 3 rings (SSSR count). The summed E-state index contributed by atoms with van der Waals surface area (Å²) in [6, 6.07) is 8.81. The van der Waals surface area contributed by atoms with Crippen LogP contribution in [0.3, 0.4) is 0 Å². The summed E-state index contributed by atoms with van der Waals surface area (Å²) in [7, 11) is 0. The molecule has 1 aromatic carbocycles. The van der Waals surface area contributed by atoms with Crippen LogP contribution in [0.25, 0.3) is 22.2 Å². The molecule has 0 saturated heterocycles. The van der Waals surface area contributed by atoms with E-state index < -0.39 is 22.8 Å². The highest BCUT2D eigenvalue weighted by Crippen LogP contribution is 2.38. The normalized spacial score (nSPS) is 12.9. The molecule has 0 fully saturated rings. The standard InChI is InChI=1S/C40H56F3NO5/c1-7-8-18-30-19-21-32(34(26-30)40(41,42)43)33-27-31-20-22-35(44-36(31)49-37(33)45)47-23-16-14-12-10-9-11-13-15-17-24-48-38(46)39(5,6)29(4)25-28(2)3/h19-22,26-29H,7-18,23-25H2,1-6H3. The van der Waals surface area contributed by atoms with Crippen molar-refractivity contribution in [2.75, 3.05) is 13.2 Å². The molecule has 2 heterocycles. The largest absolute Gasteiger partial charge is 0.478 e. The van der Waals surface area contributed by atoms with Gasteiger partial charge in [0.2, 0.25) is 11.6 Å². The summed E-state index contributed by atoms with van der Waals surface area (Å²) in [6.45, 7) is 13.4. The first-order valence-corrected chi connectivity index (χ1v) is 18.2. The third-order valence-electron chi connectivity index (χ3n) is 9.43. The second kappa shape index (κ2) is 19.1. The number of carbonyl (C=O) groups is 1. The number of alkyl halides is 3. The smallest absolute Gasteiger partial charge is 0.417 e. The van der Waals surface area contributed by atoms with Crippen molar-refractivity contribution in [2.45, 2.75) is 131 Å². The van der Waals surface area contributed by atoms with E-state index in [2.05, 4.69) is 25.8 Å². The number of esters is 1. The van der Waals surface area contributed by atoms with Gasteiger partial charge < -0.3 is 13.9 Å². The highest BCUT2D eigenvalue weighted by atomic mass is 19.4. The number of rotatable bonds is 21. The number of carbonyl (C=O) groups excluding carboxylic acids is 1. The van der Waals surface area contributed by atoms with Crippen LogP contribution in [0.1, 0.15) is 130 Å². The number of pyridine rings is 1. The summed E-state index contributed by atoms with van der Waals surface area (Å²) in [5.74, 6) is 1.06. The lowest BCUT2D eigenvalue weighted by atomic mass is 9.76. The first-order valence-electron chi connectivity index (χ1n) is 18.2. The minimum atomic E-state index is -4.61. The summed E-state index contributed by atoms with van der Waals surface area (Å²) in [6.07, 6.45) is 8.14. The number of aryl methyl sites for hydroxylation is 1. The van der Waals surface area contributed by atoms with Crippen molar-refractivity contribution < 1.29 is 31.9 Å². The molecule has 0 aliphatic heterocycles. The Morgan fingerprint density at radius 1 is 0.837 bits per heavy atom. The Bertz CT molecular complexity index is 1530. The van der Waals surface area contributed by atoms with Crippen LogP contribution in [0.4, 0.5) is 13.2 Å². The third kappa shape index (κ3) is 12.5. The molecule has 0 bridgehead atoms. The lowest BCUT2D eigenvalue weighted by Crippen LogP contribution is -2.34. The summed E-state index contributed by atoms with van der Waals surface area (Å²) in [5.41, 5.74) is -1.92. The Morgan fingerprint density at radius 2 is 1.47 bits per heavy atom. The van der Waals surface area contributed by atoms with Crippen LogP contribution in [0.2, 0.25) is 0 Å². The van der Waals surface area contributed by atoms with E-state index in [1.165, 1.54) is 18.6 Å². The Labute approximate surface area is 290 Å². The quantitative estimate of drug-likeness (QED) is 0.0819. The molecule has 0 saturated carbocycles. The van der Waals surface area contributed by atoms with E-state index in [1.807, 2.05) is 20.8 Å². The molecule has 2 aromatic heterocycles. The van der Waals surface area contributed by atoms with Gasteiger partial charge in [0.05, 0.1) is 29.8 Å². The highest BCUT2D eigenvalue weighted by Gasteiger charge is 2.36. The van der Waals surface area contributed by atoms with E-state index in [0.29, 0.717) is 42.4 Å². The van der Waals surface area contributed by atoms with Gasteiger partial charge in [0.25, 0.3) is 0 Å². The number of ether oxygens (including phenoxy) is 2. The van der Waals surface area contributed by atoms with Crippen LogP contribution in [0.15, 0.2) is 45.6 Å². The molecule has 0 radical (unpaired) electrons. The molecule has 49 heavy (non-hydrogen) atoms. The zero-order valence-corrected chi connectivity index (χ0v) is 30.3. The first-order chi connectivity index (χ1) is 23.2. The molecule has 0 aliphatic rings. The van der Waals surface area contributed by atoms with Gasteiger partial charge in [-0.25, -0.2) is 4.79 Å². The topological polar surface area (TPSA) is 78.6 Å². The number of aromatic nitrogens is 1. The van der Waals surface area contributed by atoms with Gasteiger partial charge in [-0.15, -0.1) is 0 Å². The van der Waals surface area contributed by atoms with E-state index in [9.17, 15) is 22.8 Å². The zero-order chi connectivity index (χ0) is 36.0. The highest BCUT2D eigenvalue weighted by molar-refractivity contribution is 5.80. The van der Waals surface area contributed by atoms with E-state index in [-0.39, 0.29) is 28.7 Å². The van der Waals surface area contributed by atoms with E-state index in [1.54, 1.807) is 18.2 Å². The lowest BCUT2D eigenvalue weighted by molar-refractivity contribution is -0.157. The number of halogens is 3. The van der Waals surface area contributed by atoms with Gasteiger partial charge in [-0.05, 0) is 81.5 Å². The number of hydrogen-bond acceptors (Lipinski definition) is 6. The summed E-state index contributed by atoms with van der Waals surface area (Å²) >= 11 is 0. The Morgan fingerprint density at radius 3 is 2.08 bits per heavy atom. The van der Waals surface area contributed by atoms with Crippen LogP contribution in [-0.2, 0) is 22.1 Å². The SMILES string of the molecule is CCCCc1ccc(-c2cc3ccc(OCCCCCCCCCCCOC(=O)C(C)(C)C(C)CC(C)C)nc3oc2=O)c(C(F)(F)F)c1. The number of unbranched alkanes of at least 4 members (excludes halogenated alkanes) is 9. The lowest BCUT2D eigenvalue weighted by Gasteiger charge is -2.30.